The number of rotatable bonds is 7. The number of piperidine rings is 2. The lowest BCUT2D eigenvalue weighted by atomic mass is 9.70. The van der Waals surface area contributed by atoms with Gasteiger partial charge in [0.25, 0.3) is 5.91 Å². The fraction of sp³-hybridized carbons (Fsp3) is 0.475. The molecule has 4 heterocycles. The summed E-state index contributed by atoms with van der Waals surface area (Å²) in [6.07, 6.45) is 7.43. The van der Waals surface area contributed by atoms with Gasteiger partial charge in [-0.05, 0) is 127 Å². The topological polar surface area (TPSA) is 79.7 Å². The zero-order chi connectivity index (χ0) is 33.5. The summed E-state index contributed by atoms with van der Waals surface area (Å²) in [4.78, 5) is 35.5. The number of aryl methyl sites for hydroxylation is 1. The Bertz CT molecular complexity index is 1740. The van der Waals surface area contributed by atoms with Gasteiger partial charge >= 0.3 is 6.09 Å². The first-order valence-corrected chi connectivity index (χ1v) is 17.7. The Hall–Kier alpha value is -4.17. The highest BCUT2D eigenvalue weighted by atomic mass is 16.6. The second kappa shape index (κ2) is 13.0. The third-order valence-corrected chi connectivity index (χ3v) is 11.0. The number of benzene rings is 3. The van der Waals surface area contributed by atoms with E-state index in [1.807, 2.05) is 25.7 Å². The van der Waals surface area contributed by atoms with Crippen LogP contribution in [0.1, 0.15) is 93.5 Å². The lowest BCUT2D eigenvalue weighted by Crippen LogP contribution is -2.49. The number of aromatic nitrogens is 2. The number of anilines is 1. The largest absolute Gasteiger partial charge is 0.444 e. The molecule has 2 bridgehead atoms. The van der Waals surface area contributed by atoms with Crippen molar-refractivity contribution in [1.82, 2.24) is 19.4 Å². The highest BCUT2D eigenvalue weighted by Gasteiger charge is 2.44. The van der Waals surface area contributed by atoms with E-state index in [1.54, 1.807) is 24.3 Å². The van der Waals surface area contributed by atoms with Crippen LogP contribution in [-0.4, -0.2) is 68.7 Å². The molecule has 1 N–H and O–H groups in total. The summed E-state index contributed by atoms with van der Waals surface area (Å²) >= 11 is 0. The first kappa shape index (κ1) is 32.4. The molecule has 252 valence electrons. The van der Waals surface area contributed by atoms with Crippen LogP contribution in [0.3, 0.4) is 0 Å². The molecule has 0 spiro atoms. The molecule has 7 rings (SSSR count). The summed E-state index contributed by atoms with van der Waals surface area (Å²) in [5.41, 5.74) is 4.49. The van der Waals surface area contributed by atoms with Gasteiger partial charge in [-0.1, -0.05) is 42.5 Å². The van der Waals surface area contributed by atoms with Gasteiger partial charge in [0.05, 0.1) is 11.0 Å². The minimum atomic E-state index is -0.574. The molecule has 0 radical (unpaired) electrons. The number of nitrogens with zero attached hydrogens (tertiary/aromatic N) is 4. The molecule has 3 fully saturated rings. The summed E-state index contributed by atoms with van der Waals surface area (Å²) in [5, 5.41) is 2.75. The summed E-state index contributed by atoms with van der Waals surface area (Å²) in [5.74, 6) is 1.18. The lowest BCUT2D eigenvalue weighted by Gasteiger charge is -2.45. The maximum Gasteiger partial charge on any atom is 0.412 e. The van der Waals surface area contributed by atoms with Crippen LogP contribution >= 0.6 is 0 Å². The minimum Gasteiger partial charge on any atom is -0.444 e. The third-order valence-electron chi connectivity index (χ3n) is 11.0. The summed E-state index contributed by atoms with van der Waals surface area (Å²) < 4.78 is 7.87. The Labute approximate surface area is 284 Å². The average molecular weight is 648 g/mol. The van der Waals surface area contributed by atoms with Crippen molar-refractivity contribution in [1.29, 1.82) is 0 Å². The predicted octanol–water partition coefficient (Wildman–Crippen LogP) is 8.12. The molecule has 8 nitrogen and oxygen atoms in total. The van der Waals surface area contributed by atoms with E-state index in [4.69, 9.17) is 9.72 Å². The maximum absolute atomic E-state index is 13.6. The van der Waals surface area contributed by atoms with Crippen LogP contribution in [0.5, 0.6) is 0 Å². The van der Waals surface area contributed by atoms with Crippen molar-refractivity contribution >= 4 is 28.7 Å². The number of hydrogen-bond acceptors (Lipinski definition) is 5. The van der Waals surface area contributed by atoms with Gasteiger partial charge in [0, 0.05) is 42.5 Å². The van der Waals surface area contributed by atoms with Gasteiger partial charge in [-0.15, -0.1) is 0 Å². The Morgan fingerprint density at radius 3 is 2.19 bits per heavy atom. The fourth-order valence-electron chi connectivity index (χ4n) is 8.70. The quantitative estimate of drug-likeness (QED) is 0.219. The molecule has 1 aromatic heterocycles. The maximum atomic E-state index is 13.6. The number of carbonyl (C=O) groups is 2. The standard InChI is InChI=1S/C40H49N5O3/c1-28-41-35-12-8-9-13-36(35)45(28)34-26-32-18-19-33(27-34)44(32)25-22-40(30-10-6-5-7-11-30)20-23-43(24-21-40)37(46)29-14-16-31(17-15-29)42-38(47)48-39(2,3)4/h5-17,32-34H,18-27H2,1-4H3,(H,42,47)/t32-,33+,34?. The number of fused-ring (bicyclic) bond motifs is 3. The number of para-hydroxylation sites is 2. The average Bonchev–Trinajstić information content (AvgIpc) is 3.53. The van der Waals surface area contributed by atoms with Crippen molar-refractivity contribution in [2.45, 2.75) is 102 Å². The van der Waals surface area contributed by atoms with Gasteiger partial charge in [-0.3, -0.25) is 15.0 Å². The second-order valence-corrected chi connectivity index (χ2v) is 15.2. The Kier molecular flexibility index (Phi) is 8.79. The first-order chi connectivity index (χ1) is 23.1. The molecule has 3 atom stereocenters. The molecule has 4 aromatic rings. The normalized spacial score (nSPS) is 22.5. The fourth-order valence-corrected chi connectivity index (χ4v) is 8.70. The molecule has 3 aromatic carbocycles. The van der Waals surface area contributed by atoms with Gasteiger partial charge in [-0.25, -0.2) is 9.78 Å². The van der Waals surface area contributed by atoms with E-state index in [1.165, 1.54) is 36.8 Å². The van der Waals surface area contributed by atoms with Crippen molar-refractivity contribution in [3.8, 4) is 0 Å². The van der Waals surface area contributed by atoms with Crippen molar-refractivity contribution < 1.29 is 14.3 Å². The van der Waals surface area contributed by atoms with Gasteiger partial charge in [-0.2, -0.15) is 0 Å². The van der Waals surface area contributed by atoms with Crippen molar-refractivity contribution in [3.63, 3.8) is 0 Å². The predicted molar refractivity (Wildman–Crippen MR) is 190 cm³/mol. The van der Waals surface area contributed by atoms with Crippen molar-refractivity contribution in [2.75, 3.05) is 25.0 Å². The number of hydrogen-bond donors (Lipinski definition) is 1. The highest BCUT2D eigenvalue weighted by molar-refractivity contribution is 5.95. The van der Waals surface area contributed by atoms with Crippen molar-refractivity contribution in [2.24, 2.45) is 0 Å². The van der Waals surface area contributed by atoms with Crippen LogP contribution in [0.25, 0.3) is 11.0 Å². The van der Waals surface area contributed by atoms with E-state index in [2.05, 4.69) is 76.3 Å². The van der Waals surface area contributed by atoms with E-state index < -0.39 is 11.7 Å². The van der Waals surface area contributed by atoms with E-state index in [9.17, 15) is 9.59 Å². The number of carbonyl (C=O) groups excluding carboxylic acids is 2. The molecule has 0 saturated carbocycles. The van der Waals surface area contributed by atoms with Gasteiger partial charge in [0.1, 0.15) is 11.4 Å². The summed E-state index contributed by atoms with van der Waals surface area (Å²) in [6, 6.07) is 28.4. The molecule has 3 aliphatic heterocycles. The molecular weight excluding hydrogens is 598 g/mol. The zero-order valence-electron chi connectivity index (χ0n) is 28.8. The van der Waals surface area contributed by atoms with Gasteiger partial charge < -0.3 is 14.2 Å². The number of amides is 2. The highest BCUT2D eigenvalue weighted by Crippen LogP contribution is 2.45. The van der Waals surface area contributed by atoms with Crippen LogP contribution < -0.4 is 5.32 Å². The second-order valence-electron chi connectivity index (χ2n) is 15.2. The van der Waals surface area contributed by atoms with E-state index in [0.29, 0.717) is 29.4 Å². The molecule has 0 aliphatic carbocycles. The van der Waals surface area contributed by atoms with Crippen LogP contribution in [0, 0.1) is 6.92 Å². The third kappa shape index (κ3) is 6.59. The summed E-state index contributed by atoms with van der Waals surface area (Å²) in [6.45, 7) is 10.2. The number of likely N-dealkylation sites (tertiary alicyclic amines) is 1. The Morgan fingerprint density at radius 1 is 0.875 bits per heavy atom. The monoisotopic (exact) mass is 647 g/mol. The lowest BCUT2D eigenvalue weighted by molar-refractivity contribution is 0.0605. The molecule has 48 heavy (non-hydrogen) atoms. The molecule has 3 saturated heterocycles. The first-order valence-electron chi connectivity index (χ1n) is 17.7. The minimum absolute atomic E-state index is 0.0444. The molecule has 1 unspecified atom stereocenters. The molecular formula is C40H49N5O3. The van der Waals surface area contributed by atoms with Crippen LogP contribution in [-0.2, 0) is 10.2 Å². The number of imidazole rings is 1. The smallest absolute Gasteiger partial charge is 0.412 e. The number of ether oxygens (including phenoxy) is 1. The van der Waals surface area contributed by atoms with Gasteiger partial charge in [0.15, 0.2) is 0 Å². The molecule has 8 heteroatoms. The van der Waals surface area contributed by atoms with Gasteiger partial charge in [0.2, 0.25) is 0 Å². The van der Waals surface area contributed by atoms with Crippen LogP contribution in [0.4, 0.5) is 10.5 Å². The SMILES string of the molecule is Cc1nc2ccccc2n1C1C[C@H]2CC[C@@H](C1)N2CCC1(c2ccccc2)CCN(C(=O)c2ccc(NC(=O)OC(C)(C)C)cc2)CC1. The Balaban J connectivity index is 1.00. The zero-order valence-corrected chi connectivity index (χ0v) is 28.8. The number of nitrogens with one attached hydrogen (secondary N) is 1. The van der Waals surface area contributed by atoms with Crippen molar-refractivity contribution in [3.05, 3.63) is 95.8 Å². The van der Waals surface area contributed by atoms with E-state index in [-0.39, 0.29) is 11.3 Å². The Morgan fingerprint density at radius 2 is 1.52 bits per heavy atom. The molecule has 3 aliphatic rings. The molecule has 2 amide bonds. The van der Waals surface area contributed by atoms with Crippen LogP contribution in [0.15, 0.2) is 78.9 Å². The van der Waals surface area contributed by atoms with Crippen LogP contribution in [0.2, 0.25) is 0 Å². The van der Waals surface area contributed by atoms with E-state index >= 15 is 0 Å². The van der Waals surface area contributed by atoms with E-state index in [0.717, 1.165) is 50.2 Å². The summed E-state index contributed by atoms with van der Waals surface area (Å²) in [7, 11) is 0.